The van der Waals surface area contributed by atoms with Crippen LogP contribution in [0.15, 0.2) is 47.4 Å². The summed E-state index contributed by atoms with van der Waals surface area (Å²) >= 11 is 11.8. The first kappa shape index (κ1) is 17.6. The van der Waals surface area contributed by atoms with Gasteiger partial charge in [0.2, 0.25) is 0 Å². The molecule has 0 fully saturated rings. The van der Waals surface area contributed by atoms with Crippen LogP contribution in [-0.4, -0.2) is 27.2 Å². The molecule has 2 aromatic carbocycles. The van der Waals surface area contributed by atoms with Crippen LogP contribution in [-0.2, 0) is 14.6 Å². The van der Waals surface area contributed by atoms with E-state index in [4.69, 9.17) is 27.9 Å². The summed E-state index contributed by atoms with van der Waals surface area (Å²) in [4.78, 5) is 12.0. The number of halogens is 2. The van der Waals surface area contributed by atoms with Crippen LogP contribution < -0.4 is 10.1 Å². The van der Waals surface area contributed by atoms with Crippen LogP contribution in [0.3, 0.4) is 0 Å². The van der Waals surface area contributed by atoms with Gasteiger partial charge in [0.15, 0.2) is 16.4 Å². The van der Waals surface area contributed by atoms with E-state index < -0.39 is 15.7 Å². The van der Waals surface area contributed by atoms with E-state index in [2.05, 4.69) is 5.32 Å². The van der Waals surface area contributed by atoms with Crippen molar-refractivity contribution in [2.75, 3.05) is 18.2 Å². The maximum absolute atomic E-state index is 11.8. The molecule has 23 heavy (non-hydrogen) atoms. The van der Waals surface area contributed by atoms with Crippen LogP contribution in [0.4, 0.5) is 5.69 Å². The van der Waals surface area contributed by atoms with Gasteiger partial charge in [0, 0.05) is 23.0 Å². The number of ether oxygens (including phenoxy) is 1. The van der Waals surface area contributed by atoms with Crippen LogP contribution in [0.2, 0.25) is 10.0 Å². The van der Waals surface area contributed by atoms with Gasteiger partial charge in [0.1, 0.15) is 5.75 Å². The van der Waals surface area contributed by atoms with Gasteiger partial charge in [-0.15, -0.1) is 0 Å². The minimum Gasteiger partial charge on any atom is -0.482 e. The molecule has 0 radical (unpaired) electrons. The summed E-state index contributed by atoms with van der Waals surface area (Å²) < 4.78 is 28.0. The van der Waals surface area contributed by atoms with Crippen molar-refractivity contribution in [1.29, 1.82) is 0 Å². The summed E-state index contributed by atoms with van der Waals surface area (Å²) in [7, 11) is -3.27. The van der Waals surface area contributed by atoms with E-state index in [9.17, 15) is 13.2 Å². The smallest absolute Gasteiger partial charge is 0.262 e. The molecule has 0 aliphatic carbocycles. The largest absolute Gasteiger partial charge is 0.482 e. The molecule has 0 aliphatic heterocycles. The molecule has 0 unspecified atom stereocenters. The van der Waals surface area contributed by atoms with E-state index in [0.717, 1.165) is 6.26 Å². The highest BCUT2D eigenvalue weighted by atomic mass is 35.5. The molecule has 0 aliphatic rings. The highest BCUT2D eigenvalue weighted by Gasteiger charge is 2.09. The van der Waals surface area contributed by atoms with E-state index >= 15 is 0 Å². The van der Waals surface area contributed by atoms with Gasteiger partial charge in [-0.05, 0) is 36.4 Å². The minimum absolute atomic E-state index is 0.178. The molecule has 0 aromatic heterocycles. The first-order valence-corrected chi connectivity index (χ1v) is 9.08. The topological polar surface area (TPSA) is 72.5 Å². The molecular formula is C15H13Cl2NO4S. The molecule has 122 valence electrons. The Bertz CT molecular complexity index is 820. The number of amides is 1. The SMILES string of the molecule is CS(=O)(=O)c1ccc(NC(=O)COc2cc(Cl)ccc2Cl)cc1. The van der Waals surface area contributed by atoms with E-state index in [1.165, 1.54) is 30.3 Å². The molecule has 0 atom stereocenters. The zero-order valence-corrected chi connectivity index (χ0v) is 14.4. The fourth-order valence-electron chi connectivity index (χ4n) is 1.71. The van der Waals surface area contributed by atoms with Crippen molar-refractivity contribution in [2.45, 2.75) is 4.90 Å². The molecule has 8 heteroatoms. The number of sulfone groups is 1. The molecular weight excluding hydrogens is 361 g/mol. The van der Waals surface area contributed by atoms with Gasteiger partial charge in [-0.2, -0.15) is 0 Å². The Balaban J connectivity index is 1.96. The second kappa shape index (κ2) is 7.21. The third-order valence-corrected chi connectivity index (χ3v) is 4.49. The Morgan fingerprint density at radius 1 is 1.13 bits per heavy atom. The number of benzene rings is 2. The highest BCUT2D eigenvalue weighted by Crippen LogP contribution is 2.27. The normalized spacial score (nSPS) is 11.1. The second-order valence-corrected chi connectivity index (χ2v) is 7.57. The van der Waals surface area contributed by atoms with E-state index in [1.54, 1.807) is 12.1 Å². The zero-order chi connectivity index (χ0) is 17.0. The van der Waals surface area contributed by atoms with Crippen molar-refractivity contribution < 1.29 is 17.9 Å². The number of rotatable bonds is 5. The Hall–Kier alpha value is -1.76. The number of carbonyl (C=O) groups excluding carboxylic acids is 1. The van der Waals surface area contributed by atoms with Gasteiger partial charge in [-0.25, -0.2) is 8.42 Å². The van der Waals surface area contributed by atoms with Crippen molar-refractivity contribution in [1.82, 2.24) is 0 Å². The monoisotopic (exact) mass is 373 g/mol. The Morgan fingerprint density at radius 3 is 2.39 bits per heavy atom. The fourth-order valence-corrected chi connectivity index (χ4v) is 2.68. The predicted molar refractivity (Wildman–Crippen MR) is 90.1 cm³/mol. The maximum Gasteiger partial charge on any atom is 0.262 e. The van der Waals surface area contributed by atoms with Crippen molar-refractivity contribution in [3.63, 3.8) is 0 Å². The van der Waals surface area contributed by atoms with Gasteiger partial charge >= 0.3 is 0 Å². The lowest BCUT2D eigenvalue weighted by Gasteiger charge is -2.09. The average molecular weight is 374 g/mol. The number of hydrogen-bond donors (Lipinski definition) is 1. The fraction of sp³-hybridized carbons (Fsp3) is 0.133. The summed E-state index contributed by atoms with van der Waals surface area (Å²) in [5, 5.41) is 3.38. The summed E-state index contributed by atoms with van der Waals surface area (Å²) in [6, 6.07) is 10.5. The minimum atomic E-state index is -3.27. The molecule has 5 nitrogen and oxygen atoms in total. The molecule has 0 spiro atoms. The Kier molecular flexibility index (Phi) is 5.51. The summed E-state index contributed by atoms with van der Waals surface area (Å²) in [5.74, 6) is -0.102. The number of anilines is 1. The molecule has 0 saturated heterocycles. The number of carbonyl (C=O) groups is 1. The molecule has 1 amide bonds. The molecule has 0 saturated carbocycles. The van der Waals surface area contributed by atoms with Crippen molar-refractivity contribution in [3.05, 3.63) is 52.5 Å². The summed E-state index contributed by atoms with van der Waals surface area (Å²) in [5.41, 5.74) is 0.461. The van der Waals surface area contributed by atoms with Crippen LogP contribution in [0.5, 0.6) is 5.75 Å². The first-order valence-electron chi connectivity index (χ1n) is 6.43. The zero-order valence-electron chi connectivity index (χ0n) is 12.0. The van der Waals surface area contributed by atoms with Gasteiger partial charge in [0.25, 0.3) is 5.91 Å². The average Bonchev–Trinajstić information content (AvgIpc) is 2.48. The lowest BCUT2D eigenvalue weighted by Crippen LogP contribution is -2.20. The van der Waals surface area contributed by atoms with Gasteiger partial charge in [-0.3, -0.25) is 4.79 Å². The number of hydrogen-bond acceptors (Lipinski definition) is 4. The van der Waals surface area contributed by atoms with Gasteiger partial charge < -0.3 is 10.1 Å². The quantitative estimate of drug-likeness (QED) is 0.871. The molecule has 2 rings (SSSR count). The van der Waals surface area contributed by atoms with E-state index in [1.807, 2.05) is 0 Å². The first-order chi connectivity index (χ1) is 10.8. The summed E-state index contributed by atoms with van der Waals surface area (Å²) in [6.07, 6.45) is 1.11. The third-order valence-electron chi connectivity index (χ3n) is 2.82. The second-order valence-electron chi connectivity index (χ2n) is 4.71. The van der Waals surface area contributed by atoms with Gasteiger partial charge in [-0.1, -0.05) is 23.2 Å². The third kappa shape index (κ3) is 5.13. The van der Waals surface area contributed by atoms with Crippen molar-refractivity contribution in [2.24, 2.45) is 0 Å². The Labute approximate surface area is 144 Å². The van der Waals surface area contributed by atoms with Crippen molar-refractivity contribution in [3.8, 4) is 5.75 Å². The van der Waals surface area contributed by atoms with Crippen molar-refractivity contribution >= 4 is 44.6 Å². The maximum atomic E-state index is 11.8. The highest BCUT2D eigenvalue weighted by molar-refractivity contribution is 7.90. The molecule has 2 aromatic rings. The van der Waals surface area contributed by atoms with E-state index in [0.29, 0.717) is 21.5 Å². The Morgan fingerprint density at radius 2 is 1.78 bits per heavy atom. The molecule has 0 bridgehead atoms. The van der Waals surface area contributed by atoms with Crippen LogP contribution in [0.25, 0.3) is 0 Å². The van der Waals surface area contributed by atoms with E-state index in [-0.39, 0.29) is 11.5 Å². The van der Waals surface area contributed by atoms with Crippen LogP contribution >= 0.6 is 23.2 Å². The number of nitrogens with one attached hydrogen (secondary N) is 1. The molecule has 0 heterocycles. The standard InChI is InChI=1S/C15H13Cl2NO4S/c1-23(20,21)12-5-3-11(4-6-12)18-15(19)9-22-14-8-10(16)2-7-13(14)17/h2-8H,9H2,1H3,(H,18,19). The molecule has 1 N–H and O–H groups in total. The predicted octanol–water partition coefficient (Wildman–Crippen LogP) is 3.41. The van der Waals surface area contributed by atoms with Crippen LogP contribution in [0.1, 0.15) is 0 Å². The lowest BCUT2D eigenvalue weighted by molar-refractivity contribution is -0.118. The summed E-state index contributed by atoms with van der Waals surface area (Å²) in [6.45, 7) is -0.256. The van der Waals surface area contributed by atoms with Crippen LogP contribution in [0, 0.1) is 0 Å². The lowest BCUT2D eigenvalue weighted by atomic mass is 10.3. The van der Waals surface area contributed by atoms with Gasteiger partial charge in [0.05, 0.1) is 9.92 Å².